The highest BCUT2D eigenvalue weighted by Gasteiger charge is 2.12. The number of aromatic amines is 1. The summed E-state index contributed by atoms with van der Waals surface area (Å²) in [7, 11) is 3.23. The van der Waals surface area contributed by atoms with Crippen LogP contribution in [-0.2, 0) is 0 Å². The number of benzene rings is 2. The predicted octanol–water partition coefficient (Wildman–Crippen LogP) is 2.55. The molecule has 0 amide bonds. The molecule has 0 atom stereocenters. The van der Waals surface area contributed by atoms with E-state index in [-0.39, 0.29) is 0 Å². The van der Waals surface area contributed by atoms with Crippen LogP contribution in [-0.4, -0.2) is 34.8 Å². The molecule has 1 aromatic heterocycles. The minimum atomic E-state index is 0.556. The Balaban J connectivity index is 2.13. The number of nitrogens with one attached hydrogen (secondary N) is 1. The van der Waals surface area contributed by atoms with Gasteiger partial charge in [-0.2, -0.15) is 5.21 Å². The maximum atomic E-state index is 5.35. The molecule has 0 unspecified atom stereocenters. The molecule has 0 bridgehead atoms. The largest absolute Gasteiger partial charge is 0.493 e. The van der Waals surface area contributed by atoms with Gasteiger partial charge >= 0.3 is 0 Å². The van der Waals surface area contributed by atoms with E-state index in [1.807, 2.05) is 42.5 Å². The fourth-order valence-corrected chi connectivity index (χ4v) is 2.21. The van der Waals surface area contributed by atoms with Crippen molar-refractivity contribution in [1.82, 2.24) is 20.6 Å². The summed E-state index contributed by atoms with van der Waals surface area (Å²) in [5.41, 5.74) is 2.89. The van der Waals surface area contributed by atoms with Crippen molar-refractivity contribution < 1.29 is 9.47 Å². The third-order valence-corrected chi connectivity index (χ3v) is 3.21. The zero-order valence-corrected chi connectivity index (χ0v) is 11.7. The first kappa shape index (κ1) is 13.1. The molecule has 0 aliphatic rings. The van der Waals surface area contributed by atoms with Crippen molar-refractivity contribution in [2.75, 3.05) is 14.2 Å². The Kier molecular flexibility index (Phi) is 3.51. The van der Waals surface area contributed by atoms with Crippen molar-refractivity contribution in [3.8, 4) is 34.0 Å². The van der Waals surface area contributed by atoms with Gasteiger partial charge in [-0.1, -0.05) is 30.3 Å². The molecule has 0 saturated carbocycles. The topological polar surface area (TPSA) is 72.9 Å². The molecule has 0 aliphatic heterocycles. The third-order valence-electron chi connectivity index (χ3n) is 3.21. The molecule has 106 valence electrons. The molecule has 2 aromatic carbocycles. The molecule has 6 heteroatoms. The number of hydrogen-bond donors (Lipinski definition) is 1. The van der Waals surface area contributed by atoms with Crippen LogP contribution in [0.4, 0.5) is 0 Å². The van der Waals surface area contributed by atoms with Crippen molar-refractivity contribution in [2.24, 2.45) is 0 Å². The molecule has 3 rings (SSSR count). The molecule has 6 nitrogen and oxygen atoms in total. The smallest absolute Gasteiger partial charge is 0.205 e. The van der Waals surface area contributed by atoms with Crippen LogP contribution in [0.25, 0.3) is 22.5 Å². The summed E-state index contributed by atoms with van der Waals surface area (Å²) in [4.78, 5) is 0. The monoisotopic (exact) mass is 282 g/mol. The lowest BCUT2D eigenvalue weighted by Gasteiger charge is -2.11. The highest BCUT2D eigenvalue weighted by molar-refractivity contribution is 5.81. The molecule has 1 N–H and O–H groups in total. The first-order chi connectivity index (χ1) is 10.3. The highest BCUT2D eigenvalue weighted by Crippen LogP contribution is 2.35. The summed E-state index contributed by atoms with van der Waals surface area (Å²) in [5, 5.41) is 14.2. The lowest BCUT2D eigenvalue weighted by Crippen LogP contribution is -1.92. The lowest BCUT2D eigenvalue weighted by molar-refractivity contribution is 0.355. The van der Waals surface area contributed by atoms with Crippen LogP contribution in [0.3, 0.4) is 0 Å². The Bertz CT molecular complexity index is 741. The second-order valence-electron chi connectivity index (χ2n) is 4.35. The average molecular weight is 282 g/mol. The van der Waals surface area contributed by atoms with E-state index in [0.717, 1.165) is 16.7 Å². The summed E-state index contributed by atoms with van der Waals surface area (Å²) in [5.74, 6) is 1.93. The first-order valence-corrected chi connectivity index (χ1v) is 6.38. The van der Waals surface area contributed by atoms with Gasteiger partial charge in [0.25, 0.3) is 0 Å². The van der Waals surface area contributed by atoms with E-state index in [1.165, 1.54) is 0 Å². The maximum Gasteiger partial charge on any atom is 0.205 e. The molecule has 0 aliphatic carbocycles. The minimum Gasteiger partial charge on any atom is -0.493 e. The van der Waals surface area contributed by atoms with Gasteiger partial charge in [-0.3, -0.25) is 0 Å². The second kappa shape index (κ2) is 5.62. The summed E-state index contributed by atoms with van der Waals surface area (Å²) >= 11 is 0. The number of hydrogen-bond acceptors (Lipinski definition) is 5. The SMILES string of the molecule is COc1ccc(-c2ccccc2-c2nn[nH]n2)cc1OC. The Morgan fingerprint density at radius 1 is 0.905 bits per heavy atom. The van der Waals surface area contributed by atoms with Gasteiger partial charge in [0.1, 0.15) is 0 Å². The van der Waals surface area contributed by atoms with Crippen molar-refractivity contribution in [2.45, 2.75) is 0 Å². The van der Waals surface area contributed by atoms with Crippen molar-refractivity contribution in [3.05, 3.63) is 42.5 Å². The molecule has 21 heavy (non-hydrogen) atoms. The van der Waals surface area contributed by atoms with E-state index in [9.17, 15) is 0 Å². The fraction of sp³-hybridized carbons (Fsp3) is 0.133. The summed E-state index contributed by atoms with van der Waals surface area (Å²) in [6.45, 7) is 0. The van der Waals surface area contributed by atoms with E-state index in [1.54, 1.807) is 14.2 Å². The highest BCUT2D eigenvalue weighted by atomic mass is 16.5. The lowest BCUT2D eigenvalue weighted by atomic mass is 9.99. The van der Waals surface area contributed by atoms with Crippen LogP contribution in [0.2, 0.25) is 0 Å². The standard InChI is InChI=1S/C15H14N4O2/c1-20-13-8-7-10(9-14(13)21-2)11-5-3-4-6-12(11)15-16-18-19-17-15/h3-9H,1-2H3,(H,16,17,18,19). The number of H-pyrrole nitrogens is 1. The molecule has 0 spiro atoms. The Morgan fingerprint density at radius 3 is 2.33 bits per heavy atom. The first-order valence-electron chi connectivity index (χ1n) is 6.38. The van der Waals surface area contributed by atoms with E-state index < -0.39 is 0 Å². The number of tetrazole rings is 1. The zero-order chi connectivity index (χ0) is 14.7. The zero-order valence-electron chi connectivity index (χ0n) is 11.7. The van der Waals surface area contributed by atoms with Crippen LogP contribution in [0.1, 0.15) is 0 Å². The number of methoxy groups -OCH3 is 2. The van der Waals surface area contributed by atoms with Gasteiger partial charge in [0.15, 0.2) is 11.5 Å². The average Bonchev–Trinajstić information content (AvgIpc) is 3.08. The van der Waals surface area contributed by atoms with Gasteiger partial charge in [-0.05, 0) is 28.5 Å². The maximum absolute atomic E-state index is 5.35. The minimum absolute atomic E-state index is 0.556. The number of rotatable bonds is 4. The van der Waals surface area contributed by atoms with Crippen molar-refractivity contribution >= 4 is 0 Å². The normalized spacial score (nSPS) is 10.4. The quantitative estimate of drug-likeness (QED) is 0.796. The van der Waals surface area contributed by atoms with Crippen LogP contribution >= 0.6 is 0 Å². The molecule has 3 aromatic rings. The molecule has 0 fully saturated rings. The Morgan fingerprint density at radius 2 is 1.67 bits per heavy atom. The van der Waals surface area contributed by atoms with E-state index in [4.69, 9.17) is 9.47 Å². The van der Waals surface area contributed by atoms with Gasteiger partial charge in [0.2, 0.25) is 5.82 Å². The summed E-state index contributed by atoms with van der Waals surface area (Å²) in [6.07, 6.45) is 0. The van der Waals surface area contributed by atoms with Gasteiger partial charge in [0, 0.05) is 5.56 Å². The fourth-order valence-electron chi connectivity index (χ4n) is 2.21. The van der Waals surface area contributed by atoms with Gasteiger partial charge in [-0.15, -0.1) is 10.2 Å². The van der Waals surface area contributed by atoms with Gasteiger partial charge < -0.3 is 9.47 Å². The molecule has 0 radical (unpaired) electrons. The van der Waals surface area contributed by atoms with Crippen molar-refractivity contribution in [1.29, 1.82) is 0 Å². The Labute approximate surface area is 121 Å². The number of ether oxygens (including phenoxy) is 2. The van der Waals surface area contributed by atoms with E-state index in [2.05, 4.69) is 20.6 Å². The van der Waals surface area contributed by atoms with Gasteiger partial charge in [-0.25, -0.2) is 0 Å². The van der Waals surface area contributed by atoms with Crippen LogP contribution in [0.15, 0.2) is 42.5 Å². The van der Waals surface area contributed by atoms with Crippen LogP contribution < -0.4 is 9.47 Å². The second-order valence-corrected chi connectivity index (χ2v) is 4.35. The van der Waals surface area contributed by atoms with E-state index >= 15 is 0 Å². The van der Waals surface area contributed by atoms with Crippen molar-refractivity contribution in [3.63, 3.8) is 0 Å². The van der Waals surface area contributed by atoms with E-state index in [0.29, 0.717) is 17.3 Å². The number of nitrogens with zero attached hydrogens (tertiary/aromatic N) is 3. The van der Waals surface area contributed by atoms with Gasteiger partial charge in [0.05, 0.1) is 14.2 Å². The third kappa shape index (κ3) is 2.43. The molecular weight excluding hydrogens is 268 g/mol. The van der Waals surface area contributed by atoms with Crippen LogP contribution in [0, 0.1) is 0 Å². The van der Waals surface area contributed by atoms with Crippen LogP contribution in [0.5, 0.6) is 11.5 Å². The summed E-state index contributed by atoms with van der Waals surface area (Å²) in [6, 6.07) is 13.6. The molecule has 0 saturated heterocycles. The summed E-state index contributed by atoms with van der Waals surface area (Å²) < 4.78 is 10.6. The number of aromatic nitrogens is 4. The molecule has 1 heterocycles. The predicted molar refractivity (Wildman–Crippen MR) is 78.2 cm³/mol. The Hall–Kier alpha value is -2.89. The molecular formula is C15H14N4O2.